The fourth-order valence-corrected chi connectivity index (χ4v) is 2.74. The summed E-state index contributed by atoms with van der Waals surface area (Å²) in [5, 5.41) is 4.92. The van der Waals surface area contributed by atoms with Crippen molar-refractivity contribution in [3.63, 3.8) is 0 Å². The van der Waals surface area contributed by atoms with Crippen LogP contribution >= 0.6 is 0 Å². The Morgan fingerprint density at radius 2 is 1.82 bits per heavy atom. The molecule has 2 N–H and O–H groups in total. The molecule has 1 aromatic heterocycles. The van der Waals surface area contributed by atoms with Gasteiger partial charge in [-0.2, -0.15) is 0 Å². The first-order valence-electron chi connectivity index (χ1n) is 8.84. The number of hydrogen-bond donors (Lipinski definition) is 2. The molecule has 1 saturated heterocycles. The molecule has 2 amide bonds. The molecule has 148 valence electrons. The molecule has 9 heteroatoms. The monoisotopic (exact) mass is 390 g/mol. The van der Waals surface area contributed by atoms with Crippen molar-refractivity contribution < 1.29 is 23.1 Å². The van der Waals surface area contributed by atoms with Crippen LogP contribution in [0.3, 0.4) is 0 Å². The Kier molecular flexibility index (Phi) is 6.62. The number of anilines is 1. The molecule has 1 fully saturated rings. The van der Waals surface area contributed by atoms with Crippen molar-refractivity contribution in [2.45, 2.75) is 0 Å². The highest BCUT2D eigenvalue weighted by molar-refractivity contribution is 6.05. The number of aromatic nitrogens is 1. The number of carbonyl (C=O) groups excluding carboxylic acids is 2. The largest absolute Gasteiger partial charge is 0.379 e. The predicted molar refractivity (Wildman–Crippen MR) is 98.1 cm³/mol. The summed E-state index contributed by atoms with van der Waals surface area (Å²) in [7, 11) is 0. The zero-order valence-corrected chi connectivity index (χ0v) is 15.1. The van der Waals surface area contributed by atoms with Crippen molar-refractivity contribution in [3.8, 4) is 0 Å². The number of carbonyl (C=O) groups is 2. The molecule has 0 unspecified atom stereocenters. The molecule has 7 nitrogen and oxygen atoms in total. The van der Waals surface area contributed by atoms with E-state index < -0.39 is 29.1 Å². The molecule has 1 aliphatic heterocycles. The van der Waals surface area contributed by atoms with Crippen molar-refractivity contribution in [2.75, 3.05) is 44.7 Å². The van der Waals surface area contributed by atoms with E-state index in [-0.39, 0.29) is 11.3 Å². The molecule has 0 bridgehead atoms. The number of para-hydroxylation sites is 1. The summed E-state index contributed by atoms with van der Waals surface area (Å²) in [6.45, 7) is 4.09. The van der Waals surface area contributed by atoms with Crippen LogP contribution in [0.15, 0.2) is 36.5 Å². The normalized spacial score (nSPS) is 14.5. The van der Waals surface area contributed by atoms with E-state index in [4.69, 9.17) is 4.74 Å². The van der Waals surface area contributed by atoms with Gasteiger partial charge in [0.1, 0.15) is 23.0 Å². The second kappa shape index (κ2) is 9.34. The quantitative estimate of drug-likeness (QED) is 0.784. The van der Waals surface area contributed by atoms with Crippen molar-refractivity contribution >= 4 is 17.5 Å². The third kappa shape index (κ3) is 5.08. The van der Waals surface area contributed by atoms with Gasteiger partial charge in [-0.05, 0) is 24.3 Å². The molecule has 0 spiro atoms. The number of nitrogens with zero attached hydrogens (tertiary/aromatic N) is 2. The van der Waals surface area contributed by atoms with Crippen LogP contribution in [0.25, 0.3) is 0 Å². The number of benzene rings is 1. The van der Waals surface area contributed by atoms with Crippen LogP contribution in [0, 0.1) is 11.6 Å². The van der Waals surface area contributed by atoms with Crippen LogP contribution in [0.5, 0.6) is 0 Å². The highest BCUT2D eigenvalue weighted by Crippen LogP contribution is 2.19. The van der Waals surface area contributed by atoms with E-state index in [0.717, 1.165) is 25.2 Å². The number of pyridine rings is 1. The standard InChI is InChI=1S/C19H20F2N4O3/c20-14-2-1-3-15(21)17(14)24-18(26)13-4-5-22-16(12-13)19(27)23-6-7-25-8-10-28-11-9-25/h1-5,12H,6-11H2,(H,23,27)(H,24,26). The molecule has 0 radical (unpaired) electrons. The molecule has 3 rings (SSSR count). The number of morpholine rings is 1. The summed E-state index contributed by atoms with van der Waals surface area (Å²) < 4.78 is 32.6. The first-order valence-corrected chi connectivity index (χ1v) is 8.84. The highest BCUT2D eigenvalue weighted by Gasteiger charge is 2.16. The summed E-state index contributed by atoms with van der Waals surface area (Å²) in [5.74, 6) is -2.94. The summed E-state index contributed by atoms with van der Waals surface area (Å²) >= 11 is 0. The molecule has 0 saturated carbocycles. The van der Waals surface area contributed by atoms with E-state index in [1.165, 1.54) is 24.4 Å². The molecule has 28 heavy (non-hydrogen) atoms. The topological polar surface area (TPSA) is 83.6 Å². The predicted octanol–water partition coefficient (Wildman–Crippen LogP) is 1.67. The lowest BCUT2D eigenvalue weighted by atomic mass is 10.2. The van der Waals surface area contributed by atoms with Crippen molar-refractivity contribution in [3.05, 3.63) is 59.4 Å². The Hall–Kier alpha value is -2.91. The van der Waals surface area contributed by atoms with E-state index in [1.807, 2.05) is 0 Å². The zero-order valence-electron chi connectivity index (χ0n) is 15.1. The Labute approximate surface area is 160 Å². The summed E-state index contributed by atoms with van der Waals surface area (Å²) in [6, 6.07) is 5.92. The Balaban J connectivity index is 1.59. The summed E-state index contributed by atoms with van der Waals surface area (Å²) in [6.07, 6.45) is 1.30. The molecular formula is C19H20F2N4O3. The number of rotatable bonds is 6. The van der Waals surface area contributed by atoms with Gasteiger partial charge in [0, 0.05) is 37.9 Å². The summed E-state index contributed by atoms with van der Waals surface area (Å²) in [5.41, 5.74) is -0.430. The Morgan fingerprint density at radius 3 is 2.54 bits per heavy atom. The van der Waals surface area contributed by atoms with Gasteiger partial charge in [-0.3, -0.25) is 19.5 Å². The maximum atomic E-state index is 13.7. The number of ether oxygens (including phenoxy) is 1. The SMILES string of the molecule is O=C(Nc1c(F)cccc1F)c1ccnc(C(=O)NCCN2CCOCC2)c1. The van der Waals surface area contributed by atoms with Gasteiger partial charge in [0.25, 0.3) is 11.8 Å². The van der Waals surface area contributed by atoms with Gasteiger partial charge < -0.3 is 15.4 Å². The van der Waals surface area contributed by atoms with Crippen molar-refractivity contribution in [2.24, 2.45) is 0 Å². The second-order valence-corrected chi connectivity index (χ2v) is 6.19. The lowest BCUT2D eigenvalue weighted by molar-refractivity contribution is 0.0383. The number of amides is 2. The van der Waals surface area contributed by atoms with Gasteiger partial charge in [0.15, 0.2) is 0 Å². The minimum atomic E-state index is -0.886. The smallest absolute Gasteiger partial charge is 0.269 e. The van der Waals surface area contributed by atoms with E-state index in [9.17, 15) is 18.4 Å². The molecule has 0 aliphatic carbocycles. The summed E-state index contributed by atoms with van der Waals surface area (Å²) in [4.78, 5) is 30.7. The third-order valence-corrected chi connectivity index (χ3v) is 4.27. The molecule has 1 aromatic carbocycles. The van der Waals surface area contributed by atoms with Gasteiger partial charge >= 0.3 is 0 Å². The molecule has 1 aliphatic rings. The van der Waals surface area contributed by atoms with Gasteiger partial charge in [0.2, 0.25) is 0 Å². The van der Waals surface area contributed by atoms with E-state index in [0.29, 0.717) is 26.3 Å². The lowest BCUT2D eigenvalue weighted by Crippen LogP contribution is -2.41. The van der Waals surface area contributed by atoms with Crippen molar-refractivity contribution in [1.82, 2.24) is 15.2 Å². The van der Waals surface area contributed by atoms with E-state index >= 15 is 0 Å². The van der Waals surface area contributed by atoms with Gasteiger partial charge in [0.05, 0.1) is 13.2 Å². The van der Waals surface area contributed by atoms with Crippen LogP contribution < -0.4 is 10.6 Å². The van der Waals surface area contributed by atoms with Crippen LogP contribution in [-0.4, -0.2) is 61.1 Å². The maximum Gasteiger partial charge on any atom is 0.269 e. The van der Waals surface area contributed by atoms with Crippen LogP contribution in [-0.2, 0) is 4.74 Å². The lowest BCUT2D eigenvalue weighted by Gasteiger charge is -2.26. The first-order chi connectivity index (χ1) is 13.5. The number of halogens is 2. The van der Waals surface area contributed by atoms with Crippen LogP contribution in [0.1, 0.15) is 20.8 Å². The van der Waals surface area contributed by atoms with Crippen LogP contribution in [0.2, 0.25) is 0 Å². The first kappa shape index (κ1) is 19.8. The molecule has 2 heterocycles. The molecule has 2 aromatic rings. The number of nitrogens with one attached hydrogen (secondary N) is 2. The third-order valence-electron chi connectivity index (χ3n) is 4.27. The average molecular weight is 390 g/mol. The highest BCUT2D eigenvalue weighted by atomic mass is 19.1. The Morgan fingerprint density at radius 1 is 1.11 bits per heavy atom. The van der Waals surface area contributed by atoms with E-state index in [2.05, 4.69) is 20.5 Å². The zero-order chi connectivity index (χ0) is 19.9. The average Bonchev–Trinajstić information content (AvgIpc) is 2.71. The van der Waals surface area contributed by atoms with Crippen molar-refractivity contribution in [1.29, 1.82) is 0 Å². The molecule has 0 atom stereocenters. The van der Waals surface area contributed by atoms with Crippen LogP contribution in [0.4, 0.5) is 14.5 Å². The minimum Gasteiger partial charge on any atom is -0.379 e. The van der Waals surface area contributed by atoms with Gasteiger partial charge in [-0.25, -0.2) is 8.78 Å². The van der Waals surface area contributed by atoms with Gasteiger partial charge in [-0.1, -0.05) is 6.07 Å². The second-order valence-electron chi connectivity index (χ2n) is 6.19. The fourth-order valence-electron chi connectivity index (χ4n) is 2.74. The van der Waals surface area contributed by atoms with Gasteiger partial charge in [-0.15, -0.1) is 0 Å². The number of hydrogen-bond acceptors (Lipinski definition) is 5. The maximum absolute atomic E-state index is 13.7. The van der Waals surface area contributed by atoms with E-state index in [1.54, 1.807) is 0 Å². The Bertz CT molecular complexity index is 837. The fraction of sp³-hybridized carbons (Fsp3) is 0.316. The minimum absolute atomic E-state index is 0.0450. The molecular weight excluding hydrogens is 370 g/mol.